The van der Waals surface area contributed by atoms with E-state index in [0.29, 0.717) is 0 Å². The van der Waals surface area contributed by atoms with Gasteiger partial charge in [0, 0.05) is 10.8 Å². The first-order valence-electron chi connectivity index (χ1n) is 5.20. The van der Waals surface area contributed by atoms with Gasteiger partial charge in [0.15, 0.2) is 0 Å². The minimum absolute atomic E-state index is 0.920. The summed E-state index contributed by atoms with van der Waals surface area (Å²) >= 11 is 6.14. The van der Waals surface area contributed by atoms with Gasteiger partial charge in [-0.15, -0.1) is 11.8 Å². The van der Waals surface area contributed by atoms with E-state index in [4.69, 9.17) is 0 Å². The van der Waals surface area contributed by atoms with Gasteiger partial charge in [-0.25, -0.2) is 0 Å². The van der Waals surface area contributed by atoms with Crippen LogP contribution in [0.25, 0.3) is 0 Å². The van der Waals surface area contributed by atoms with Crippen LogP contribution in [0.2, 0.25) is 0 Å². The number of rotatable bonds is 3. The number of fused-ring (bicyclic) bond motifs is 1. The monoisotopic (exact) mass is 224 g/mol. The van der Waals surface area contributed by atoms with E-state index >= 15 is 0 Å². The molecule has 0 aliphatic heterocycles. The summed E-state index contributed by atoms with van der Waals surface area (Å²) in [6, 6.07) is 6.78. The summed E-state index contributed by atoms with van der Waals surface area (Å²) in [6.07, 6.45) is 5.32. The van der Waals surface area contributed by atoms with Crippen LogP contribution in [0.5, 0.6) is 0 Å². The molecule has 0 spiro atoms. The van der Waals surface area contributed by atoms with Crippen LogP contribution in [0.15, 0.2) is 18.2 Å². The Hall–Kier alpha value is -0.0800. The van der Waals surface area contributed by atoms with Crippen molar-refractivity contribution in [1.82, 2.24) is 0 Å². The zero-order valence-corrected chi connectivity index (χ0v) is 10.0. The second kappa shape index (κ2) is 5.13. The lowest BCUT2D eigenvalue weighted by Crippen LogP contribution is -2.05. The molecule has 0 bridgehead atoms. The first kappa shape index (κ1) is 10.4. The third-order valence-corrected chi connectivity index (χ3v) is 4.09. The molecule has 0 unspecified atom stereocenters. The van der Waals surface area contributed by atoms with Crippen molar-refractivity contribution in [1.29, 1.82) is 0 Å². The molecule has 76 valence electrons. The molecule has 0 aromatic heterocycles. The summed E-state index contributed by atoms with van der Waals surface area (Å²) in [5.41, 5.74) is 4.77. The van der Waals surface area contributed by atoms with Gasteiger partial charge in [-0.05, 0) is 42.4 Å². The fourth-order valence-electron chi connectivity index (χ4n) is 2.15. The number of hydrogen-bond acceptors (Lipinski definition) is 2. The second-order valence-corrected chi connectivity index (χ2v) is 5.47. The number of thiol groups is 1. The van der Waals surface area contributed by atoms with Crippen molar-refractivity contribution in [3.63, 3.8) is 0 Å². The lowest BCUT2D eigenvalue weighted by molar-refractivity contribution is 0.681. The van der Waals surface area contributed by atoms with Crippen LogP contribution in [0.3, 0.4) is 0 Å². The van der Waals surface area contributed by atoms with E-state index in [1.165, 1.54) is 25.7 Å². The summed E-state index contributed by atoms with van der Waals surface area (Å²) in [4.78, 5) is 0. The second-order valence-electron chi connectivity index (χ2n) is 3.74. The van der Waals surface area contributed by atoms with Gasteiger partial charge >= 0.3 is 0 Å². The molecule has 0 saturated carbocycles. The van der Waals surface area contributed by atoms with Crippen LogP contribution >= 0.6 is 24.4 Å². The van der Waals surface area contributed by atoms with Gasteiger partial charge in [-0.2, -0.15) is 12.6 Å². The Bertz CT molecular complexity index is 307. The molecular weight excluding hydrogens is 208 g/mol. The molecule has 0 N–H and O–H groups in total. The van der Waals surface area contributed by atoms with Crippen molar-refractivity contribution >= 4 is 24.4 Å². The Morgan fingerprint density at radius 3 is 2.93 bits per heavy atom. The lowest BCUT2D eigenvalue weighted by Gasteiger charge is -2.18. The van der Waals surface area contributed by atoms with Crippen molar-refractivity contribution in [3.8, 4) is 0 Å². The first-order valence-corrected chi connectivity index (χ1v) is 6.99. The molecular formula is C12H16S2. The standard InChI is InChI=1S/C12H16S2/c13-9-14-8-11-6-3-5-10-4-1-2-7-12(10)11/h3,5-6,13H,1-2,4,7-9H2. The Morgan fingerprint density at radius 2 is 2.07 bits per heavy atom. The smallest absolute Gasteiger partial charge is 0.0365 e. The van der Waals surface area contributed by atoms with E-state index in [0.717, 1.165) is 10.8 Å². The number of hydrogen-bond donors (Lipinski definition) is 1. The van der Waals surface area contributed by atoms with Gasteiger partial charge in [0.1, 0.15) is 0 Å². The van der Waals surface area contributed by atoms with Crippen molar-refractivity contribution in [2.24, 2.45) is 0 Å². The quantitative estimate of drug-likeness (QED) is 0.603. The zero-order valence-electron chi connectivity index (χ0n) is 8.33. The maximum Gasteiger partial charge on any atom is 0.0365 e. The van der Waals surface area contributed by atoms with Gasteiger partial charge in [-0.1, -0.05) is 18.2 Å². The van der Waals surface area contributed by atoms with Crippen molar-refractivity contribution in [2.45, 2.75) is 31.4 Å². The van der Waals surface area contributed by atoms with Crippen LogP contribution in [0, 0.1) is 0 Å². The van der Waals surface area contributed by atoms with Crippen LogP contribution in [-0.2, 0) is 18.6 Å². The summed E-state index contributed by atoms with van der Waals surface area (Å²) in [5, 5.41) is 0.920. The highest BCUT2D eigenvalue weighted by molar-refractivity contribution is 8.08. The fourth-order valence-corrected chi connectivity index (χ4v) is 3.01. The van der Waals surface area contributed by atoms with E-state index in [2.05, 4.69) is 30.8 Å². The molecule has 0 saturated heterocycles. The molecule has 1 aromatic rings. The van der Waals surface area contributed by atoms with Crippen molar-refractivity contribution < 1.29 is 0 Å². The van der Waals surface area contributed by atoms with E-state index in [9.17, 15) is 0 Å². The third-order valence-electron chi connectivity index (χ3n) is 2.84. The highest BCUT2D eigenvalue weighted by Gasteiger charge is 2.11. The molecule has 1 aliphatic rings. The fraction of sp³-hybridized carbons (Fsp3) is 0.500. The van der Waals surface area contributed by atoms with Crippen molar-refractivity contribution in [3.05, 3.63) is 34.9 Å². The molecule has 2 heteroatoms. The number of benzene rings is 1. The molecule has 1 aromatic carbocycles. The highest BCUT2D eigenvalue weighted by Crippen LogP contribution is 2.27. The number of aryl methyl sites for hydroxylation is 1. The van der Waals surface area contributed by atoms with E-state index in [1.54, 1.807) is 16.7 Å². The van der Waals surface area contributed by atoms with Crippen LogP contribution < -0.4 is 0 Å². The van der Waals surface area contributed by atoms with Gasteiger partial charge in [0.2, 0.25) is 0 Å². The first-order chi connectivity index (χ1) is 6.92. The van der Waals surface area contributed by atoms with Crippen molar-refractivity contribution in [2.75, 3.05) is 5.08 Å². The minimum atomic E-state index is 0.920. The summed E-state index contributed by atoms with van der Waals surface area (Å²) < 4.78 is 0. The topological polar surface area (TPSA) is 0 Å². The lowest BCUT2D eigenvalue weighted by atomic mass is 9.89. The predicted molar refractivity (Wildman–Crippen MR) is 68.2 cm³/mol. The normalized spacial score (nSPS) is 15.2. The SMILES string of the molecule is SCSCc1cccc2c1CCCC2. The maximum absolute atomic E-state index is 4.24. The molecule has 14 heavy (non-hydrogen) atoms. The van der Waals surface area contributed by atoms with Gasteiger partial charge < -0.3 is 0 Å². The Labute approximate surface area is 95.9 Å². The Morgan fingerprint density at radius 1 is 1.21 bits per heavy atom. The Kier molecular flexibility index (Phi) is 3.82. The average Bonchev–Trinajstić information content (AvgIpc) is 2.26. The molecule has 0 nitrogen and oxygen atoms in total. The molecule has 0 fully saturated rings. The molecule has 0 amide bonds. The minimum Gasteiger partial charge on any atom is -0.168 e. The average molecular weight is 224 g/mol. The van der Waals surface area contributed by atoms with E-state index in [1.807, 2.05) is 11.8 Å². The molecule has 0 heterocycles. The highest BCUT2D eigenvalue weighted by atomic mass is 32.2. The zero-order chi connectivity index (χ0) is 9.80. The van der Waals surface area contributed by atoms with E-state index in [-0.39, 0.29) is 0 Å². The van der Waals surface area contributed by atoms with Gasteiger partial charge in [-0.3, -0.25) is 0 Å². The van der Waals surface area contributed by atoms with Crippen LogP contribution in [0.1, 0.15) is 29.5 Å². The van der Waals surface area contributed by atoms with E-state index < -0.39 is 0 Å². The third kappa shape index (κ3) is 2.29. The van der Waals surface area contributed by atoms with Gasteiger partial charge in [0.05, 0.1) is 0 Å². The largest absolute Gasteiger partial charge is 0.168 e. The molecule has 0 radical (unpaired) electrons. The predicted octanol–water partition coefficient (Wildman–Crippen LogP) is 3.69. The molecule has 2 rings (SSSR count). The summed E-state index contributed by atoms with van der Waals surface area (Å²) in [7, 11) is 0. The summed E-state index contributed by atoms with van der Waals surface area (Å²) in [5.74, 6) is 1.13. The number of thioether (sulfide) groups is 1. The van der Waals surface area contributed by atoms with Crippen LogP contribution in [-0.4, -0.2) is 5.08 Å². The Balaban J connectivity index is 2.21. The maximum atomic E-state index is 4.24. The molecule has 1 aliphatic carbocycles. The van der Waals surface area contributed by atoms with Crippen LogP contribution in [0.4, 0.5) is 0 Å². The molecule has 0 atom stereocenters. The van der Waals surface area contributed by atoms with Gasteiger partial charge in [0.25, 0.3) is 0 Å². The summed E-state index contributed by atoms with van der Waals surface area (Å²) in [6.45, 7) is 0.